The minimum absolute atomic E-state index is 0.250. The minimum Gasteiger partial charge on any atom is -0.484 e. The van der Waals surface area contributed by atoms with Crippen LogP contribution >= 0.6 is 0 Å². The van der Waals surface area contributed by atoms with Crippen molar-refractivity contribution in [2.75, 3.05) is 26.2 Å². The summed E-state index contributed by atoms with van der Waals surface area (Å²) in [6, 6.07) is 7.29. The molecule has 0 amide bonds. The lowest BCUT2D eigenvalue weighted by atomic mass is 10.1. The smallest absolute Gasteiger partial charge is 0.422 e. The molecule has 2 rings (SSSR count). The van der Waals surface area contributed by atoms with Gasteiger partial charge in [-0.3, -0.25) is 4.90 Å². The fourth-order valence-electron chi connectivity index (χ4n) is 2.27. The molecule has 0 aromatic heterocycles. The normalized spacial score (nSPS) is 20.9. The van der Waals surface area contributed by atoms with E-state index < -0.39 is 12.8 Å². The van der Waals surface area contributed by atoms with Crippen LogP contribution in [0.4, 0.5) is 13.2 Å². The molecule has 1 saturated heterocycles. The van der Waals surface area contributed by atoms with Crippen molar-refractivity contribution in [3.8, 4) is 5.75 Å². The van der Waals surface area contributed by atoms with Crippen molar-refractivity contribution in [1.29, 1.82) is 0 Å². The molecule has 0 unspecified atom stereocenters. The highest BCUT2D eigenvalue weighted by Gasteiger charge is 2.28. The fourth-order valence-corrected chi connectivity index (χ4v) is 2.27. The van der Waals surface area contributed by atoms with Crippen LogP contribution in [-0.2, 0) is 6.54 Å². The predicted molar refractivity (Wildman–Crippen MR) is 70.7 cm³/mol. The molecule has 3 nitrogen and oxygen atoms in total. The Kier molecular flexibility index (Phi) is 4.88. The van der Waals surface area contributed by atoms with Gasteiger partial charge in [-0.05, 0) is 24.6 Å². The number of ether oxygens (including phenoxy) is 1. The van der Waals surface area contributed by atoms with E-state index in [0.29, 0.717) is 6.04 Å². The summed E-state index contributed by atoms with van der Waals surface area (Å²) in [5, 5.41) is 3.37. The van der Waals surface area contributed by atoms with Gasteiger partial charge < -0.3 is 10.1 Å². The molecule has 1 aromatic rings. The zero-order valence-electron chi connectivity index (χ0n) is 11.4. The van der Waals surface area contributed by atoms with Crippen LogP contribution in [0.2, 0.25) is 0 Å². The van der Waals surface area contributed by atoms with E-state index in [9.17, 15) is 13.2 Å². The standard InChI is InChI=1S/C14H19F3N2O/c1-11-8-19(7-6-18-11)9-12-2-4-13(5-3-12)20-10-14(15,16)17/h2-5,11,18H,6-10H2,1H3/t11-/m1/s1. The second kappa shape index (κ2) is 6.45. The summed E-state index contributed by atoms with van der Waals surface area (Å²) in [5.41, 5.74) is 1.08. The van der Waals surface area contributed by atoms with Crippen molar-refractivity contribution in [1.82, 2.24) is 10.2 Å². The van der Waals surface area contributed by atoms with Gasteiger partial charge in [-0.25, -0.2) is 0 Å². The number of halogens is 3. The Morgan fingerprint density at radius 1 is 1.30 bits per heavy atom. The third kappa shape index (κ3) is 5.02. The van der Waals surface area contributed by atoms with Gasteiger partial charge in [-0.2, -0.15) is 13.2 Å². The van der Waals surface area contributed by atoms with Crippen LogP contribution in [0.25, 0.3) is 0 Å². The second-order valence-corrected chi connectivity index (χ2v) is 5.14. The highest BCUT2D eigenvalue weighted by Crippen LogP contribution is 2.19. The predicted octanol–water partition coefficient (Wildman–Crippen LogP) is 2.42. The highest BCUT2D eigenvalue weighted by molar-refractivity contribution is 5.27. The van der Waals surface area contributed by atoms with Crippen LogP contribution in [0.1, 0.15) is 12.5 Å². The zero-order valence-corrected chi connectivity index (χ0v) is 11.4. The molecule has 6 heteroatoms. The lowest BCUT2D eigenvalue weighted by molar-refractivity contribution is -0.153. The molecule has 1 N–H and O–H groups in total. The number of hydrogen-bond acceptors (Lipinski definition) is 3. The number of rotatable bonds is 4. The Hall–Kier alpha value is -1.27. The fraction of sp³-hybridized carbons (Fsp3) is 0.571. The van der Waals surface area contributed by atoms with Gasteiger partial charge in [-0.1, -0.05) is 12.1 Å². The molecular formula is C14H19F3N2O. The maximum Gasteiger partial charge on any atom is 0.422 e. The molecular weight excluding hydrogens is 269 g/mol. The average molecular weight is 288 g/mol. The van der Waals surface area contributed by atoms with E-state index in [1.807, 2.05) is 12.1 Å². The van der Waals surface area contributed by atoms with E-state index in [2.05, 4.69) is 21.9 Å². The van der Waals surface area contributed by atoms with Gasteiger partial charge in [0.05, 0.1) is 0 Å². The quantitative estimate of drug-likeness (QED) is 0.921. The molecule has 20 heavy (non-hydrogen) atoms. The van der Waals surface area contributed by atoms with Gasteiger partial charge >= 0.3 is 6.18 Å². The van der Waals surface area contributed by atoms with Gasteiger partial charge in [0.1, 0.15) is 5.75 Å². The van der Waals surface area contributed by atoms with Gasteiger partial charge in [0.2, 0.25) is 0 Å². The maximum absolute atomic E-state index is 12.0. The number of nitrogens with zero attached hydrogens (tertiary/aromatic N) is 1. The molecule has 112 valence electrons. The number of piperazine rings is 1. The summed E-state index contributed by atoms with van der Waals surface area (Å²) in [4.78, 5) is 2.33. The molecule has 0 aliphatic carbocycles. The summed E-state index contributed by atoms with van der Waals surface area (Å²) in [5.74, 6) is 0.250. The second-order valence-electron chi connectivity index (χ2n) is 5.14. The van der Waals surface area contributed by atoms with Crippen LogP contribution in [-0.4, -0.2) is 43.4 Å². The van der Waals surface area contributed by atoms with Gasteiger partial charge in [0, 0.05) is 32.2 Å². The van der Waals surface area contributed by atoms with Crippen molar-refractivity contribution in [2.24, 2.45) is 0 Å². The lowest BCUT2D eigenvalue weighted by Gasteiger charge is -2.31. The van der Waals surface area contributed by atoms with Crippen LogP contribution in [0.3, 0.4) is 0 Å². The van der Waals surface area contributed by atoms with Crippen LogP contribution in [0.15, 0.2) is 24.3 Å². The summed E-state index contributed by atoms with van der Waals surface area (Å²) in [6.45, 7) is 4.63. The van der Waals surface area contributed by atoms with Gasteiger partial charge in [-0.15, -0.1) is 0 Å². The lowest BCUT2D eigenvalue weighted by Crippen LogP contribution is -2.48. The van der Waals surface area contributed by atoms with Crippen molar-refractivity contribution in [3.63, 3.8) is 0 Å². The van der Waals surface area contributed by atoms with Gasteiger partial charge in [0.15, 0.2) is 6.61 Å². The molecule has 0 bridgehead atoms. The molecule has 1 aromatic carbocycles. The molecule has 1 aliphatic rings. The topological polar surface area (TPSA) is 24.5 Å². The first-order valence-corrected chi connectivity index (χ1v) is 6.66. The molecule has 0 radical (unpaired) electrons. The first-order chi connectivity index (χ1) is 9.42. The van der Waals surface area contributed by atoms with E-state index in [4.69, 9.17) is 0 Å². The Bertz CT molecular complexity index is 419. The average Bonchev–Trinajstić information content (AvgIpc) is 2.37. The third-order valence-corrected chi connectivity index (χ3v) is 3.18. The van der Waals surface area contributed by atoms with Crippen molar-refractivity contribution < 1.29 is 17.9 Å². The molecule has 1 fully saturated rings. The Labute approximate surface area is 116 Å². The summed E-state index contributed by atoms with van der Waals surface area (Å²) < 4.78 is 40.8. The monoisotopic (exact) mass is 288 g/mol. The first-order valence-electron chi connectivity index (χ1n) is 6.66. The number of alkyl halides is 3. The summed E-state index contributed by atoms with van der Waals surface area (Å²) >= 11 is 0. The molecule has 1 atom stereocenters. The van der Waals surface area contributed by atoms with E-state index in [-0.39, 0.29) is 5.75 Å². The van der Waals surface area contributed by atoms with Crippen molar-refractivity contribution in [3.05, 3.63) is 29.8 Å². The highest BCUT2D eigenvalue weighted by atomic mass is 19.4. The number of benzene rings is 1. The van der Waals surface area contributed by atoms with E-state index in [1.54, 1.807) is 12.1 Å². The van der Waals surface area contributed by atoms with E-state index >= 15 is 0 Å². The molecule has 1 aliphatic heterocycles. The first kappa shape index (κ1) is 15.1. The van der Waals surface area contributed by atoms with Crippen LogP contribution in [0, 0.1) is 0 Å². The zero-order chi connectivity index (χ0) is 14.6. The van der Waals surface area contributed by atoms with E-state index in [0.717, 1.165) is 31.7 Å². The molecule has 0 spiro atoms. The van der Waals surface area contributed by atoms with Crippen LogP contribution in [0.5, 0.6) is 5.75 Å². The summed E-state index contributed by atoms with van der Waals surface area (Å²) in [7, 11) is 0. The Morgan fingerprint density at radius 3 is 2.60 bits per heavy atom. The van der Waals surface area contributed by atoms with E-state index in [1.165, 1.54) is 0 Å². The van der Waals surface area contributed by atoms with Crippen molar-refractivity contribution >= 4 is 0 Å². The molecule has 1 heterocycles. The van der Waals surface area contributed by atoms with Gasteiger partial charge in [0.25, 0.3) is 0 Å². The molecule has 0 saturated carbocycles. The largest absolute Gasteiger partial charge is 0.484 e. The SMILES string of the molecule is C[C@@H]1CN(Cc2ccc(OCC(F)(F)F)cc2)CCN1. The number of nitrogens with one attached hydrogen (secondary N) is 1. The number of hydrogen-bond donors (Lipinski definition) is 1. The Balaban J connectivity index is 1.85. The van der Waals surface area contributed by atoms with Crippen LogP contribution < -0.4 is 10.1 Å². The summed E-state index contributed by atoms with van der Waals surface area (Å²) in [6.07, 6.45) is -4.30. The Morgan fingerprint density at radius 2 is 2.00 bits per heavy atom. The van der Waals surface area contributed by atoms with Crippen molar-refractivity contribution in [2.45, 2.75) is 25.7 Å². The maximum atomic E-state index is 12.0. The minimum atomic E-state index is -4.30. The third-order valence-electron chi connectivity index (χ3n) is 3.18.